The van der Waals surface area contributed by atoms with Gasteiger partial charge in [0.25, 0.3) is 0 Å². The standard InChI is InChI=1S/C63H43NO/c1-62(44-18-5-2-6-19-44)54-27-14-11-24-49(54)50-38-34-43(40-57(50)62)42-32-35-47(36-33-42)64(48-37-39-60-53(41-48)51-25-13-16-31-59(51)65-60)58-30-17-29-56-61(58)52-26-12-15-28-55(52)63(56,45-20-7-3-8-21-45)46-22-9-4-10-23-46/h2-41H,1H3. The molecule has 1 unspecified atom stereocenters. The Labute approximate surface area is 379 Å². The second-order valence-corrected chi connectivity index (χ2v) is 17.7. The smallest absolute Gasteiger partial charge is 0.135 e. The van der Waals surface area contributed by atoms with Crippen molar-refractivity contribution in [1.82, 2.24) is 0 Å². The average molecular weight is 830 g/mol. The van der Waals surface area contributed by atoms with E-state index in [-0.39, 0.29) is 5.41 Å². The van der Waals surface area contributed by atoms with Gasteiger partial charge in [0.15, 0.2) is 0 Å². The third kappa shape index (κ3) is 5.41. The molecule has 0 radical (unpaired) electrons. The quantitative estimate of drug-likeness (QED) is 0.159. The van der Waals surface area contributed by atoms with Crippen LogP contribution in [0.4, 0.5) is 17.1 Å². The predicted octanol–water partition coefficient (Wildman–Crippen LogP) is 16.4. The molecule has 0 bridgehead atoms. The second kappa shape index (κ2) is 14.4. The maximum atomic E-state index is 6.39. The molecule has 2 nitrogen and oxygen atoms in total. The summed E-state index contributed by atoms with van der Waals surface area (Å²) < 4.78 is 6.39. The van der Waals surface area contributed by atoms with Gasteiger partial charge in [0, 0.05) is 33.1 Å². The van der Waals surface area contributed by atoms with Crippen molar-refractivity contribution >= 4 is 39.0 Å². The van der Waals surface area contributed by atoms with Crippen LogP contribution in [0.2, 0.25) is 0 Å². The van der Waals surface area contributed by atoms with Gasteiger partial charge in [-0.25, -0.2) is 0 Å². The second-order valence-electron chi connectivity index (χ2n) is 17.7. The van der Waals surface area contributed by atoms with Crippen LogP contribution in [0.5, 0.6) is 0 Å². The molecule has 0 aliphatic heterocycles. The first-order valence-electron chi connectivity index (χ1n) is 22.6. The van der Waals surface area contributed by atoms with Gasteiger partial charge in [-0.2, -0.15) is 0 Å². The highest BCUT2D eigenvalue weighted by Crippen LogP contribution is 2.60. The van der Waals surface area contributed by atoms with E-state index in [9.17, 15) is 0 Å². The van der Waals surface area contributed by atoms with Crippen molar-refractivity contribution < 1.29 is 4.42 Å². The molecule has 0 saturated carbocycles. The Bertz CT molecular complexity index is 3570. The number of furan rings is 1. The fraction of sp³-hybridized carbons (Fsp3) is 0.0476. The minimum Gasteiger partial charge on any atom is -0.456 e. The van der Waals surface area contributed by atoms with Gasteiger partial charge in [-0.1, -0.05) is 194 Å². The molecular weight excluding hydrogens is 787 g/mol. The highest BCUT2D eigenvalue weighted by molar-refractivity contribution is 6.07. The minimum atomic E-state index is -0.522. The van der Waals surface area contributed by atoms with Crippen molar-refractivity contribution in [3.05, 3.63) is 282 Å². The molecular formula is C63H43NO. The Morgan fingerprint density at radius 3 is 1.65 bits per heavy atom. The molecule has 1 atom stereocenters. The van der Waals surface area contributed by atoms with E-state index in [1.54, 1.807) is 0 Å². The van der Waals surface area contributed by atoms with Crippen LogP contribution in [-0.4, -0.2) is 0 Å². The Balaban J connectivity index is 1.01. The van der Waals surface area contributed by atoms with Crippen molar-refractivity contribution in [1.29, 1.82) is 0 Å². The molecule has 0 spiro atoms. The summed E-state index contributed by atoms with van der Waals surface area (Å²) in [7, 11) is 0. The summed E-state index contributed by atoms with van der Waals surface area (Å²) in [6.45, 7) is 2.39. The highest BCUT2D eigenvalue weighted by Gasteiger charge is 2.47. The van der Waals surface area contributed by atoms with Gasteiger partial charge >= 0.3 is 0 Å². The first-order chi connectivity index (χ1) is 32.1. The number of para-hydroxylation sites is 1. The highest BCUT2D eigenvalue weighted by atomic mass is 16.3. The largest absolute Gasteiger partial charge is 0.456 e. The van der Waals surface area contributed by atoms with Crippen molar-refractivity contribution in [3.63, 3.8) is 0 Å². The van der Waals surface area contributed by atoms with Crippen molar-refractivity contribution in [2.45, 2.75) is 17.8 Å². The zero-order chi connectivity index (χ0) is 43.1. The van der Waals surface area contributed by atoms with Gasteiger partial charge in [-0.05, 0) is 122 Å². The maximum Gasteiger partial charge on any atom is 0.135 e. The summed E-state index contributed by atoms with van der Waals surface area (Å²) in [6.07, 6.45) is 0. The number of rotatable bonds is 7. The maximum absolute atomic E-state index is 6.39. The SMILES string of the molecule is CC1(c2ccccc2)c2ccccc2-c2ccc(-c3ccc(N(c4ccc5oc6ccccc6c5c4)c4cccc5c4-c4ccccc4C5(c4ccccc4)c4ccccc4)cc3)cc21. The first-order valence-corrected chi connectivity index (χ1v) is 22.6. The van der Waals surface area contributed by atoms with Crippen LogP contribution >= 0.6 is 0 Å². The number of hydrogen-bond acceptors (Lipinski definition) is 2. The summed E-state index contributed by atoms with van der Waals surface area (Å²) >= 11 is 0. The molecule has 2 heteroatoms. The molecule has 1 aromatic heterocycles. The minimum absolute atomic E-state index is 0.269. The van der Waals surface area contributed by atoms with Crippen LogP contribution in [0, 0.1) is 0 Å². The lowest BCUT2D eigenvalue weighted by Crippen LogP contribution is -2.28. The Morgan fingerprint density at radius 1 is 0.354 bits per heavy atom. The number of benzene rings is 10. The van der Waals surface area contributed by atoms with Gasteiger partial charge < -0.3 is 9.32 Å². The fourth-order valence-electron chi connectivity index (χ4n) is 11.5. The van der Waals surface area contributed by atoms with Crippen molar-refractivity contribution in [3.8, 4) is 33.4 Å². The normalized spacial score (nSPS) is 15.3. The summed E-state index contributed by atoms with van der Waals surface area (Å²) in [5, 5.41) is 2.20. The molecule has 11 aromatic rings. The Hall–Kier alpha value is -8.20. The van der Waals surface area contributed by atoms with Gasteiger partial charge in [-0.3, -0.25) is 0 Å². The molecule has 0 amide bonds. The van der Waals surface area contributed by atoms with Gasteiger partial charge in [0.2, 0.25) is 0 Å². The van der Waals surface area contributed by atoms with Gasteiger partial charge in [-0.15, -0.1) is 0 Å². The van der Waals surface area contributed by atoms with Crippen LogP contribution in [0.25, 0.3) is 55.3 Å². The van der Waals surface area contributed by atoms with Crippen LogP contribution in [0.3, 0.4) is 0 Å². The summed E-state index contributed by atoms with van der Waals surface area (Å²) in [5.74, 6) is 0. The first kappa shape index (κ1) is 37.4. The third-order valence-corrected chi connectivity index (χ3v) is 14.4. The fourth-order valence-corrected chi connectivity index (χ4v) is 11.5. The average Bonchev–Trinajstić information content (AvgIpc) is 4.00. The molecule has 0 N–H and O–H groups in total. The molecule has 306 valence electrons. The van der Waals surface area contributed by atoms with E-state index >= 15 is 0 Å². The molecule has 0 fully saturated rings. The van der Waals surface area contributed by atoms with E-state index in [2.05, 4.69) is 248 Å². The topological polar surface area (TPSA) is 16.4 Å². The summed E-state index contributed by atoms with van der Waals surface area (Å²) in [5.41, 5.74) is 20.8. The van der Waals surface area contributed by atoms with E-state index in [0.717, 1.165) is 39.0 Å². The molecule has 2 aliphatic rings. The van der Waals surface area contributed by atoms with Crippen molar-refractivity contribution in [2.75, 3.05) is 4.90 Å². The number of hydrogen-bond donors (Lipinski definition) is 0. The van der Waals surface area contributed by atoms with Crippen LogP contribution in [-0.2, 0) is 10.8 Å². The molecule has 2 aliphatic carbocycles. The lowest BCUT2D eigenvalue weighted by atomic mass is 9.68. The monoisotopic (exact) mass is 829 g/mol. The molecule has 65 heavy (non-hydrogen) atoms. The van der Waals surface area contributed by atoms with Gasteiger partial charge in [0.05, 0.1) is 11.1 Å². The van der Waals surface area contributed by atoms with E-state index < -0.39 is 5.41 Å². The lowest BCUT2D eigenvalue weighted by molar-refractivity contribution is 0.669. The number of anilines is 3. The van der Waals surface area contributed by atoms with E-state index in [1.807, 2.05) is 6.07 Å². The summed E-state index contributed by atoms with van der Waals surface area (Å²) in [4.78, 5) is 2.46. The van der Waals surface area contributed by atoms with E-state index in [1.165, 1.54) is 72.3 Å². The van der Waals surface area contributed by atoms with Crippen molar-refractivity contribution in [2.24, 2.45) is 0 Å². The van der Waals surface area contributed by atoms with Crippen LogP contribution in [0.15, 0.2) is 247 Å². The molecule has 13 rings (SSSR count). The lowest BCUT2D eigenvalue weighted by Gasteiger charge is -2.34. The molecule has 0 saturated heterocycles. The molecule has 1 heterocycles. The Kier molecular flexibility index (Phi) is 8.29. The van der Waals surface area contributed by atoms with Gasteiger partial charge in [0.1, 0.15) is 11.2 Å². The van der Waals surface area contributed by atoms with Crippen LogP contribution in [0.1, 0.15) is 45.9 Å². The predicted molar refractivity (Wildman–Crippen MR) is 269 cm³/mol. The number of fused-ring (bicyclic) bond motifs is 9. The number of nitrogens with zero attached hydrogens (tertiary/aromatic N) is 1. The Morgan fingerprint density at radius 2 is 0.908 bits per heavy atom. The molecule has 10 aromatic carbocycles. The third-order valence-electron chi connectivity index (χ3n) is 14.4. The van der Waals surface area contributed by atoms with Crippen LogP contribution < -0.4 is 4.90 Å². The van der Waals surface area contributed by atoms with E-state index in [4.69, 9.17) is 4.42 Å². The zero-order valence-electron chi connectivity index (χ0n) is 35.9. The summed E-state index contributed by atoms with van der Waals surface area (Å²) in [6, 6.07) is 89.1. The van der Waals surface area contributed by atoms with E-state index in [0.29, 0.717) is 0 Å². The zero-order valence-corrected chi connectivity index (χ0v) is 35.9.